The van der Waals surface area contributed by atoms with Crippen LogP contribution in [0.4, 0.5) is 4.39 Å². The molecule has 7 heteroatoms. The number of nitrogens with one attached hydrogen (secondary N) is 1. The lowest BCUT2D eigenvalue weighted by Gasteiger charge is -2.31. The molecule has 23 heavy (non-hydrogen) atoms. The summed E-state index contributed by atoms with van der Waals surface area (Å²) in [5, 5.41) is 3.67. The Morgan fingerprint density at radius 2 is 2.17 bits per heavy atom. The first kappa shape index (κ1) is 20.2. The van der Waals surface area contributed by atoms with Crippen molar-refractivity contribution in [1.82, 2.24) is 14.9 Å². The minimum Gasteiger partial charge on any atom is -0.328 e. The summed E-state index contributed by atoms with van der Waals surface area (Å²) in [6.07, 6.45) is 7.04. The molecule has 0 bridgehead atoms. The molecule has 2 aromatic rings. The van der Waals surface area contributed by atoms with Crippen LogP contribution in [0.5, 0.6) is 0 Å². The van der Waals surface area contributed by atoms with Gasteiger partial charge in [0.05, 0.1) is 5.02 Å². The third-order valence-corrected chi connectivity index (χ3v) is 4.51. The van der Waals surface area contributed by atoms with E-state index >= 15 is 0 Å². The molecule has 3 rings (SSSR count). The van der Waals surface area contributed by atoms with Gasteiger partial charge >= 0.3 is 0 Å². The van der Waals surface area contributed by atoms with E-state index in [1.807, 2.05) is 12.3 Å². The monoisotopic (exact) mass is 379 g/mol. The predicted molar refractivity (Wildman–Crippen MR) is 97.5 cm³/mol. The number of halogens is 4. The van der Waals surface area contributed by atoms with E-state index in [0.29, 0.717) is 12.1 Å². The molecular formula is C16H21Cl3FN3. The Bertz CT molecular complexity index is 633. The molecule has 2 atom stereocenters. The molecule has 0 spiro atoms. The van der Waals surface area contributed by atoms with Crippen molar-refractivity contribution in [3.8, 4) is 11.4 Å². The lowest BCUT2D eigenvalue weighted by molar-refractivity contribution is 0.297. The van der Waals surface area contributed by atoms with E-state index in [2.05, 4.69) is 21.8 Å². The van der Waals surface area contributed by atoms with Crippen molar-refractivity contribution in [3.63, 3.8) is 0 Å². The summed E-state index contributed by atoms with van der Waals surface area (Å²) < 4.78 is 15.9. The number of hydrogen-bond acceptors (Lipinski definition) is 2. The minimum absolute atomic E-state index is 0. The molecule has 1 aliphatic rings. The summed E-state index contributed by atoms with van der Waals surface area (Å²) in [6.45, 7) is 3.21. The zero-order chi connectivity index (χ0) is 14.8. The molecule has 0 unspecified atom stereocenters. The van der Waals surface area contributed by atoms with Gasteiger partial charge in [0, 0.05) is 30.0 Å². The van der Waals surface area contributed by atoms with E-state index in [-0.39, 0.29) is 29.8 Å². The van der Waals surface area contributed by atoms with Gasteiger partial charge in [0.15, 0.2) is 0 Å². The van der Waals surface area contributed by atoms with Gasteiger partial charge in [-0.05, 0) is 44.0 Å². The van der Waals surface area contributed by atoms with Crippen LogP contribution in [-0.4, -0.2) is 22.1 Å². The summed E-state index contributed by atoms with van der Waals surface area (Å²) in [4.78, 5) is 4.42. The Morgan fingerprint density at radius 1 is 1.39 bits per heavy atom. The fourth-order valence-corrected chi connectivity index (χ4v) is 3.13. The number of benzene rings is 1. The summed E-state index contributed by atoms with van der Waals surface area (Å²) in [5.74, 6) is 0.410. The second-order valence-corrected chi connectivity index (χ2v) is 5.93. The highest BCUT2D eigenvalue weighted by Gasteiger charge is 2.23. The van der Waals surface area contributed by atoms with Gasteiger partial charge in [0.1, 0.15) is 11.6 Å². The van der Waals surface area contributed by atoms with Crippen LogP contribution >= 0.6 is 36.4 Å². The normalized spacial score (nSPS) is 20.5. The predicted octanol–water partition coefficient (Wildman–Crippen LogP) is 4.89. The van der Waals surface area contributed by atoms with Gasteiger partial charge in [0.25, 0.3) is 0 Å². The Kier molecular flexibility index (Phi) is 7.81. The largest absolute Gasteiger partial charge is 0.328 e. The molecule has 0 amide bonds. The lowest BCUT2D eigenvalue weighted by Crippen LogP contribution is -2.38. The SMILES string of the molecule is CC[C@@H]1C[C@H](n2ccnc2-c2ccc(Cl)c(F)c2)CCN1.Cl.Cl. The molecule has 1 aromatic carbocycles. The van der Waals surface area contributed by atoms with Gasteiger partial charge < -0.3 is 9.88 Å². The second kappa shape index (κ2) is 8.88. The van der Waals surface area contributed by atoms with Gasteiger partial charge in [-0.1, -0.05) is 18.5 Å². The summed E-state index contributed by atoms with van der Waals surface area (Å²) in [6, 6.07) is 5.82. The number of piperidine rings is 1. The van der Waals surface area contributed by atoms with Crippen molar-refractivity contribution < 1.29 is 4.39 Å². The van der Waals surface area contributed by atoms with Crippen LogP contribution in [0.3, 0.4) is 0 Å². The number of nitrogens with zero attached hydrogens (tertiary/aromatic N) is 2. The van der Waals surface area contributed by atoms with Crippen molar-refractivity contribution in [1.29, 1.82) is 0 Å². The molecule has 1 saturated heterocycles. The third-order valence-electron chi connectivity index (χ3n) is 4.20. The summed E-state index contributed by atoms with van der Waals surface area (Å²) >= 11 is 5.76. The first-order valence-electron chi connectivity index (χ1n) is 7.40. The Labute approximate surface area is 153 Å². The summed E-state index contributed by atoms with van der Waals surface area (Å²) in [5.41, 5.74) is 0.772. The van der Waals surface area contributed by atoms with Crippen LogP contribution in [0.25, 0.3) is 11.4 Å². The second-order valence-electron chi connectivity index (χ2n) is 5.52. The van der Waals surface area contributed by atoms with E-state index < -0.39 is 5.82 Å². The summed E-state index contributed by atoms with van der Waals surface area (Å²) in [7, 11) is 0. The molecule has 1 N–H and O–H groups in total. The number of rotatable bonds is 3. The quantitative estimate of drug-likeness (QED) is 0.821. The van der Waals surface area contributed by atoms with Crippen LogP contribution in [-0.2, 0) is 0 Å². The Hall–Kier alpha value is -0.810. The number of aromatic nitrogens is 2. The number of imidazole rings is 1. The smallest absolute Gasteiger partial charge is 0.142 e. The van der Waals surface area contributed by atoms with Crippen molar-refractivity contribution in [2.45, 2.75) is 38.3 Å². The third kappa shape index (κ3) is 4.38. The fraction of sp³-hybridized carbons (Fsp3) is 0.438. The fourth-order valence-electron chi connectivity index (χ4n) is 3.01. The zero-order valence-corrected chi connectivity index (χ0v) is 15.2. The molecular weight excluding hydrogens is 360 g/mol. The maximum absolute atomic E-state index is 13.7. The van der Waals surface area contributed by atoms with Crippen LogP contribution in [0.2, 0.25) is 5.02 Å². The van der Waals surface area contributed by atoms with Gasteiger partial charge in [-0.25, -0.2) is 9.37 Å². The van der Waals surface area contributed by atoms with Crippen molar-refractivity contribution in [3.05, 3.63) is 41.4 Å². The maximum Gasteiger partial charge on any atom is 0.142 e. The van der Waals surface area contributed by atoms with Gasteiger partial charge in [-0.3, -0.25) is 0 Å². The van der Waals surface area contributed by atoms with Crippen molar-refractivity contribution >= 4 is 36.4 Å². The average molecular weight is 381 g/mol. The van der Waals surface area contributed by atoms with Crippen LogP contribution in [0.15, 0.2) is 30.6 Å². The lowest BCUT2D eigenvalue weighted by atomic mass is 9.97. The first-order valence-corrected chi connectivity index (χ1v) is 7.78. The minimum atomic E-state index is -0.402. The van der Waals surface area contributed by atoms with Gasteiger partial charge in [-0.2, -0.15) is 0 Å². The zero-order valence-electron chi connectivity index (χ0n) is 12.8. The highest BCUT2D eigenvalue weighted by molar-refractivity contribution is 6.30. The highest BCUT2D eigenvalue weighted by Crippen LogP contribution is 2.30. The van der Waals surface area contributed by atoms with Crippen molar-refractivity contribution in [2.24, 2.45) is 0 Å². The standard InChI is InChI=1S/C16H19ClFN3.2ClH/c1-2-12-10-13(5-6-19-12)21-8-7-20-16(21)11-3-4-14(17)15(18)9-11;;/h3-4,7-9,12-13,19H,2,5-6,10H2,1H3;2*1H/t12-,13-;;/m1../s1. The Balaban J connectivity index is 0.00000132. The Morgan fingerprint density at radius 3 is 2.87 bits per heavy atom. The molecule has 1 aliphatic heterocycles. The average Bonchev–Trinajstić information content (AvgIpc) is 2.99. The molecule has 0 saturated carbocycles. The van der Waals surface area contributed by atoms with Gasteiger partial charge in [-0.15, -0.1) is 24.8 Å². The van der Waals surface area contributed by atoms with E-state index in [0.717, 1.165) is 37.2 Å². The maximum atomic E-state index is 13.7. The van der Waals surface area contributed by atoms with Crippen LogP contribution in [0.1, 0.15) is 32.2 Å². The van der Waals surface area contributed by atoms with Crippen LogP contribution in [0, 0.1) is 5.82 Å². The highest BCUT2D eigenvalue weighted by atomic mass is 35.5. The molecule has 128 valence electrons. The molecule has 1 fully saturated rings. The van der Waals surface area contributed by atoms with E-state index in [1.165, 1.54) is 6.07 Å². The number of hydrogen-bond donors (Lipinski definition) is 1. The molecule has 3 nitrogen and oxygen atoms in total. The molecule has 0 aliphatic carbocycles. The first-order chi connectivity index (χ1) is 10.2. The van der Waals surface area contributed by atoms with E-state index in [9.17, 15) is 4.39 Å². The van der Waals surface area contributed by atoms with Crippen molar-refractivity contribution in [2.75, 3.05) is 6.54 Å². The van der Waals surface area contributed by atoms with E-state index in [4.69, 9.17) is 11.6 Å². The van der Waals surface area contributed by atoms with Gasteiger partial charge in [0.2, 0.25) is 0 Å². The molecule has 0 radical (unpaired) electrons. The van der Waals surface area contributed by atoms with Crippen LogP contribution < -0.4 is 5.32 Å². The molecule has 2 heterocycles. The van der Waals surface area contributed by atoms with E-state index in [1.54, 1.807) is 12.3 Å². The molecule has 1 aromatic heterocycles. The topological polar surface area (TPSA) is 29.9 Å².